The summed E-state index contributed by atoms with van der Waals surface area (Å²) in [6.07, 6.45) is 0. The second-order valence-corrected chi connectivity index (χ2v) is 3.72. The van der Waals surface area contributed by atoms with Gasteiger partial charge in [0.25, 0.3) is 0 Å². The van der Waals surface area contributed by atoms with Gasteiger partial charge in [0.05, 0.1) is 4.90 Å². The number of benzene rings is 1. The van der Waals surface area contributed by atoms with Crippen LogP contribution in [0.1, 0.15) is 0 Å². The van der Waals surface area contributed by atoms with Crippen molar-refractivity contribution in [2.75, 3.05) is 0 Å². The van der Waals surface area contributed by atoms with Gasteiger partial charge in [-0.2, -0.15) is 0 Å². The molecule has 0 unspecified atom stereocenters. The summed E-state index contributed by atoms with van der Waals surface area (Å²) in [7, 11) is -4.33. The first kappa shape index (κ1) is 12.0. The molecule has 0 aliphatic carbocycles. The van der Waals surface area contributed by atoms with Gasteiger partial charge < -0.3 is 4.55 Å². The molecule has 1 rings (SSSR count). The van der Waals surface area contributed by atoms with Gasteiger partial charge in [-0.15, -0.1) is 0 Å². The summed E-state index contributed by atoms with van der Waals surface area (Å²) in [5.74, 6) is 0. The third kappa shape index (κ3) is 3.17. The van der Waals surface area contributed by atoms with Crippen LogP contribution >= 0.6 is 11.6 Å². The third-order valence-electron chi connectivity index (χ3n) is 1.10. The SMILES string of the molecule is O=S(=O)([O-])c1ccc(Cl)cc1.[Li+]. The quantitative estimate of drug-likeness (QED) is 0.397. The molecular weight excluding hydrogens is 195 g/mol. The van der Waals surface area contributed by atoms with Crippen molar-refractivity contribution in [2.45, 2.75) is 4.90 Å². The first-order valence-electron chi connectivity index (χ1n) is 2.71. The third-order valence-corrected chi connectivity index (χ3v) is 2.20. The Kier molecular flexibility index (Phi) is 4.32. The van der Waals surface area contributed by atoms with Crippen LogP contribution in [0.3, 0.4) is 0 Å². The van der Waals surface area contributed by atoms with E-state index in [0.717, 1.165) is 0 Å². The van der Waals surface area contributed by atoms with Crippen molar-refractivity contribution in [2.24, 2.45) is 0 Å². The molecule has 1 aromatic rings. The summed E-state index contributed by atoms with van der Waals surface area (Å²) in [4.78, 5) is -0.262. The van der Waals surface area contributed by atoms with Crippen LogP contribution in [0, 0.1) is 0 Å². The average molecular weight is 199 g/mol. The van der Waals surface area contributed by atoms with E-state index >= 15 is 0 Å². The second kappa shape index (κ2) is 4.31. The minimum atomic E-state index is -4.33. The van der Waals surface area contributed by atoms with E-state index < -0.39 is 10.1 Å². The maximum atomic E-state index is 10.3. The predicted molar refractivity (Wildman–Crippen MR) is 39.4 cm³/mol. The Morgan fingerprint density at radius 1 is 1.17 bits per heavy atom. The largest absolute Gasteiger partial charge is 1.00 e. The molecule has 0 spiro atoms. The minimum absolute atomic E-state index is 0. The molecular formula is C6H4ClLiO3S. The zero-order valence-corrected chi connectivity index (χ0v) is 7.89. The van der Waals surface area contributed by atoms with Crippen LogP contribution < -0.4 is 18.9 Å². The molecule has 0 saturated carbocycles. The van der Waals surface area contributed by atoms with E-state index in [9.17, 15) is 13.0 Å². The van der Waals surface area contributed by atoms with Crippen molar-refractivity contribution < 1.29 is 31.8 Å². The summed E-state index contributed by atoms with van der Waals surface area (Å²) in [6.45, 7) is 0. The normalized spacial score (nSPS) is 10.5. The fourth-order valence-corrected chi connectivity index (χ4v) is 1.20. The fraction of sp³-hybridized carbons (Fsp3) is 0. The molecule has 0 aliphatic heterocycles. The molecule has 0 bridgehead atoms. The molecule has 6 heteroatoms. The Morgan fingerprint density at radius 2 is 1.58 bits per heavy atom. The van der Waals surface area contributed by atoms with E-state index in [1.807, 2.05) is 0 Å². The van der Waals surface area contributed by atoms with Crippen LogP contribution in [-0.2, 0) is 10.1 Å². The first-order chi connectivity index (χ1) is 5.00. The molecule has 1 aromatic carbocycles. The molecule has 0 heterocycles. The van der Waals surface area contributed by atoms with Crippen molar-refractivity contribution in [3.8, 4) is 0 Å². The molecule has 0 aliphatic rings. The standard InChI is InChI=1S/C6H5ClO3S.Li/c7-5-1-3-6(4-2-5)11(8,9)10;/h1-4H,(H,8,9,10);/q;+1/p-1. The van der Waals surface area contributed by atoms with Gasteiger partial charge in [-0.3, -0.25) is 0 Å². The summed E-state index contributed by atoms with van der Waals surface area (Å²) < 4.78 is 31.0. The van der Waals surface area contributed by atoms with E-state index in [0.29, 0.717) is 5.02 Å². The molecule has 60 valence electrons. The van der Waals surface area contributed by atoms with Gasteiger partial charge in [0.1, 0.15) is 10.1 Å². The van der Waals surface area contributed by atoms with Gasteiger partial charge in [-0.25, -0.2) is 8.42 Å². The molecule has 0 saturated heterocycles. The Labute approximate surface area is 87.7 Å². The molecule has 0 atom stereocenters. The topological polar surface area (TPSA) is 57.2 Å². The molecule has 0 aromatic heterocycles. The smallest absolute Gasteiger partial charge is 0.744 e. The number of rotatable bonds is 1. The summed E-state index contributed by atoms with van der Waals surface area (Å²) in [5.41, 5.74) is 0. The molecule has 3 nitrogen and oxygen atoms in total. The minimum Gasteiger partial charge on any atom is -0.744 e. The van der Waals surface area contributed by atoms with E-state index in [-0.39, 0.29) is 23.8 Å². The number of hydrogen-bond donors (Lipinski definition) is 0. The Hall–Kier alpha value is 0.0174. The van der Waals surface area contributed by atoms with Crippen molar-refractivity contribution in [3.63, 3.8) is 0 Å². The van der Waals surface area contributed by atoms with Gasteiger partial charge in [0.2, 0.25) is 0 Å². The maximum Gasteiger partial charge on any atom is 1.00 e. The number of halogens is 1. The summed E-state index contributed by atoms with van der Waals surface area (Å²) in [5, 5.41) is 0.400. The zero-order chi connectivity index (χ0) is 8.48. The van der Waals surface area contributed by atoms with Gasteiger partial charge in [0, 0.05) is 5.02 Å². The van der Waals surface area contributed by atoms with Crippen LogP contribution in [0.15, 0.2) is 29.2 Å². The van der Waals surface area contributed by atoms with Crippen LogP contribution in [0.5, 0.6) is 0 Å². The van der Waals surface area contributed by atoms with Crippen molar-refractivity contribution in [1.29, 1.82) is 0 Å². The van der Waals surface area contributed by atoms with E-state index in [4.69, 9.17) is 11.6 Å². The van der Waals surface area contributed by atoms with Crippen LogP contribution in [0.2, 0.25) is 5.02 Å². The van der Waals surface area contributed by atoms with Gasteiger partial charge >= 0.3 is 18.9 Å². The molecule has 0 amide bonds. The monoisotopic (exact) mass is 198 g/mol. The molecule has 0 fully saturated rings. The fourth-order valence-electron chi connectivity index (χ4n) is 0.601. The van der Waals surface area contributed by atoms with Crippen molar-refractivity contribution in [1.82, 2.24) is 0 Å². The van der Waals surface area contributed by atoms with E-state index in [1.165, 1.54) is 24.3 Å². The van der Waals surface area contributed by atoms with Crippen LogP contribution in [0.4, 0.5) is 0 Å². The summed E-state index contributed by atoms with van der Waals surface area (Å²) in [6, 6.07) is 5.05. The van der Waals surface area contributed by atoms with Crippen LogP contribution in [-0.4, -0.2) is 13.0 Å². The Bertz CT molecular complexity index is 346. The van der Waals surface area contributed by atoms with E-state index in [2.05, 4.69) is 0 Å². The second-order valence-electron chi connectivity index (χ2n) is 1.91. The average Bonchev–Trinajstić information content (AvgIpc) is 1.86. The first-order valence-corrected chi connectivity index (χ1v) is 4.50. The van der Waals surface area contributed by atoms with Crippen molar-refractivity contribution in [3.05, 3.63) is 29.3 Å². The zero-order valence-electron chi connectivity index (χ0n) is 6.32. The van der Waals surface area contributed by atoms with Crippen LogP contribution in [0.25, 0.3) is 0 Å². The number of hydrogen-bond acceptors (Lipinski definition) is 3. The van der Waals surface area contributed by atoms with E-state index in [1.54, 1.807) is 0 Å². The predicted octanol–water partition coefficient (Wildman–Crippen LogP) is -1.75. The van der Waals surface area contributed by atoms with Crippen molar-refractivity contribution >= 4 is 21.7 Å². The summed E-state index contributed by atoms with van der Waals surface area (Å²) >= 11 is 5.46. The molecule has 0 radical (unpaired) electrons. The Balaban J connectivity index is 0.00000121. The molecule has 0 N–H and O–H groups in total. The molecule has 12 heavy (non-hydrogen) atoms. The Morgan fingerprint density at radius 3 is 1.92 bits per heavy atom. The van der Waals surface area contributed by atoms with Gasteiger partial charge in [-0.1, -0.05) is 11.6 Å². The van der Waals surface area contributed by atoms with Gasteiger partial charge in [0.15, 0.2) is 0 Å². The van der Waals surface area contributed by atoms with Gasteiger partial charge in [-0.05, 0) is 24.3 Å². The maximum absolute atomic E-state index is 10.3.